The highest BCUT2D eigenvalue weighted by Gasteiger charge is 2.45. The summed E-state index contributed by atoms with van der Waals surface area (Å²) in [4.78, 5) is 76.1. The van der Waals surface area contributed by atoms with Gasteiger partial charge in [0.25, 0.3) is 17.4 Å². The number of anilines is 4. The fourth-order valence-electron chi connectivity index (χ4n) is 8.06. The van der Waals surface area contributed by atoms with Gasteiger partial charge in [-0.05, 0) is 49.6 Å². The van der Waals surface area contributed by atoms with E-state index < -0.39 is 29.7 Å². The molecule has 18 heteroatoms. The zero-order valence-electron chi connectivity index (χ0n) is 33.0. The molecule has 0 bridgehead atoms. The normalized spacial score (nSPS) is 19.2. The minimum Gasteiger partial charge on any atom is -0.382 e. The minimum atomic E-state index is -1.02. The number of pyridine rings is 1. The third-order valence-corrected chi connectivity index (χ3v) is 11.1. The second-order valence-electron chi connectivity index (χ2n) is 15.0. The number of nitrogens with two attached hydrogens (primary N) is 1. The molecule has 8 rings (SSSR count). The van der Waals surface area contributed by atoms with Crippen molar-refractivity contribution in [1.82, 2.24) is 29.7 Å². The maximum absolute atomic E-state index is 13.3. The predicted octanol–water partition coefficient (Wildman–Crippen LogP) is 3.26. The topological polar surface area (TPSA) is 237 Å². The molecule has 3 aliphatic rings. The summed E-state index contributed by atoms with van der Waals surface area (Å²) in [5.74, 6) is -1.16. The number of nitrogens with zero attached hydrogens (tertiary/aromatic N) is 4. The smallest absolute Gasteiger partial charge is 0.264 e. The Morgan fingerprint density at radius 3 is 2.43 bits per heavy atom. The number of aromatic nitrogens is 4. The molecule has 1 aliphatic carbocycles. The highest BCUT2D eigenvalue weighted by Crippen LogP contribution is 2.33. The summed E-state index contributed by atoms with van der Waals surface area (Å²) in [6, 6.07) is 13.8. The van der Waals surface area contributed by atoms with Crippen LogP contribution in [0.3, 0.4) is 0 Å². The molecule has 1 saturated heterocycles. The number of piperidine rings is 1. The number of carbonyl (C=O) groups is 4. The molecule has 0 radical (unpaired) electrons. The Kier molecular flexibility index (Phi) is 12.4. The molecule has 3 aromatic heterocycles. The molecule has 4 amide bonds. The van der Waals surface area contributed by atoms with Crippen LogP contribution in [-0.4, -0.2) is 112 Å². The summed E-state index contributed by atoms with van der Waals surface area (Å²) in [6.45, 7) is 3.32. The summed E-state index contributed by atoms with van der Waals surface area (Å²) in [6.07, 6.45) is 7.69. The van der Waals surface area contributed by atoms with Crippen LogP contribution in [0.4, 0.5) is 23.0 Å². The van der Waals surface area contributed by atoms with E-state index in [0.29, 0.717) is 81.0 Å². The van der Waals surface area contributed by atoms with Gasteiger partial charge in [-0.25, -0.2) is 9.97 Å². The van der Waals surface area contributed by atoms with Crippen LogP contribution in [0.1, 0.15) is 59.2 Å². The quantitative estimate of drug-likeness (QED) is 0.0550. The highest BCUT2D eigenvalue weighted by molar-refractivity contribution is 6.25. The van der Waals surface area contributed by atoms with Crippen molar-refractivity contribution in [3.8, 4) is 0 Å². The lowest BCUT2D eigenvalue weighted by molar-refractivity contribution is -0.136. The molecule has 3 atom stereocenters. The summed E-state index contributed by atoms with van der Waals surface area (Å²) in [5.41, 5.74) is 9.34. The van der Waals surface area contributed by atoms with Gasteiger partial charge in [-0.1, -0.05) is 25.0 Å². The van der Waals surface area contributed by atoms with Crippen molar-refractivity contribution < 1.29 is 33.4 Å². The molecule has 2 fully saturated rings. The predicted molar refractivity (Wildman–Crippen MR) is 223 cm³/mol. The summed E-state index contributed by atoms with van der Waals surface area (Å²) in [5, 5.41) is 13.6. The van der Waals surface area contributed by atoms with Gasteiger partial charge in [0.15, 0.2) is 0 Å². The van der Waals surface area contributed by atoms with E-state index >= 15 is 0 Å². The molecule has 5 heterocycles. The van der Waals surface area contributed by atoms with Gasteiger partial charge in [0.1, 0.15) is 23.1 Å². The zero-order valence-corrected chi connectivity index (χ0v) is 33.0. The molecule has 314 valence electrons. The first-order valence-corrected chi connectivity index (χ1v) is 20.3. The van der Waals surface area contributed by atoms with Gasteiger partial charge in [-0.2, -0.15) is 0 Å². The number of ether oxygens (including phenoxy) is 3. The monoisotopic (exact) mass is 820 g/mol. The Balaban J connectivity index is 0.758. The Morgan fingerprint density at radius 1 is 0.850 bits per heavy atom. The first kappa shape index (κ1) is 40.6. The van der Waals surface area contributed by atoms with Crippen LogP contribution in [0.15, 0.2) is 65.8 Å². The molecule has 18 nitrogen and oxygen atoms in total. The molecule has 7 N–H and O–H groups in total. The SMILES string of the molecule is N[C@H]1CCCCC1Nc1cc2nc[nH]c(=O)c2c(Nc2cccc3c2ccn3CCOCCOCCOCCNc2cccc3c2C(=O)N(C2CCC(=O)NC2=O)C3=O)n1. The van der Waals surface area contributed by atoms with Gasteiger partial charge in [0.05, 0.1) is 68.1 Å². The van der Waals surface area contributed by atoms with Crippen LogP contribution in [0.25, 0.3) is 21.8 Å². The molecule has 60 heavy (non-hydrogen) atoms. The summed E-state index contributed by atoms with van der Waals surface area (Å²) < 4.78 is 19.3. The molecular weight excluding hydrogens is 773 g/mol. The number of fused-ring (bicyclic) bond motifs is 3. The Morgan fingerprint density at radius 2 is 1.62 bits per heavy atom. The molecule has 2 aromatic carbocycles. The first-order chi connectivity index (χ1) is 29.3. The number of nitrogens with one attached hydrogen (secondary N) is 5. The van der Waals surface area contributed by atoms with Gasteiger partial charge in [-0.3, -0.25) is 34.2 Å². The van der Waals surface area contributed by atoms with Crippen LogP contribution < -0.4 is 32.6 Å². The molecule has 1 saturated carbocycles. The minimum absolute atomic E-state index is 0.0328. The van der Waals surface area contributed by atoms with E-state index in [4.69, 9.17) is 24.9 Å². The number of carbonyl (C=O) groups excluding carboxylic acids is 4. The fourth-order valence-corrected chi connectivity index (χ4v) is 8.06. The standard InChI is InChI=1S/C42H48N10O8/c43-27-6-1-2-7-29(27)47-34-23-31-37(40(55)46-24-45-31)38(49-34)48-28-8-4-10-32-25(28)13-15-51(32)16-18-59-20-22-60-21-19-58-17-14-44-30-9-3-5-26-36(30)42(57)52(41(26)56)33-11-12-35(53)50-39(33)54/h3-5,8-10,13,15,23-24,27,29,33,44H,1-2,6-7,11-12,14,16-22,43H2,(H,45,46,55)(H2,47,48,49)(H,50,53,54)/t27-,29?,33?/m0/s1. The number of amides is 4. The average molecular weight is 821 g/mol. The van der Waals surface area contributed by atoms with Crippen molar-refractivity contribution in [2.75, 3.05) is 62.1 Å². The van der Waals surface area contributed by atoms with Crippen molar-refractivity contribution in [3.63, 3.8) is 0 Å². The second-order valence-corrected chi connectivity index (χ2v) is 15.0. The maximum atomic E-state index is 13.3. The number of aromatic amines is 1. The average Bonchev–Trinajstić information content (AvgIpc) is 3.77. The van der Waals surface area contributed by atoms with E-state index in [-0.39, 0.29) is 41.6 Å². The number of hydrogen-bond donors (Lipinski definition) is 6. The van der Waals surface area contributed by atoms with Crippen molar-refractivity contribution in [2.24, 2.45) is 5.73 Å². The van der Waals surface area contributed by atoms with Crippen LogP contribution in [0.2, 0.25) is 0 Å². The molecule has 2 aliphatic heterocycles. The lowest BCUT2D eigenvalue weighted by atomic mass is 9.91. The van der Waals surface area contributed by atoms with E-state index in [0.717, 1.165) is 47.2 Å². The third kappa shape index (κ3) is 8.72. The van der Waals surface area contributed by atoms with Crippen LogP contribution in [0.5, 0.6) is 0 Å². The van der Waals surface area contributed by atoms with E-state index in [2.05, 4.69) is 35.8 Å². The highest BCUT2D eigenvalue weighted by atomic mass is 16.5. The lowest BCUT2D eigenvalue weighted by Gasteiger charge is -2.29. The number of imide groups is 2. The van der Waals surface area contributed by atoms with Crippen molar-refractivity contribution >= 4 is 68.4 Å². The van der Waals surface area contributed by atoms with Crippen molar-refractivity contribution in [1.29, 1.82) is 0 Å². The van der Waals surface area contributed by atoms with E-state index in [1.165, 1.54) is 6.33 Å². The van der Waals surface area contributed by atoms with Gasteiger partial charge in [0.2, 0.25) is 11.8 Å². The van der Waals surface area contributed by atoms with Crippen LogP contribution in [-0.2, 0) is 30.3 Å². The Hall–Kier alpha value is -6.21. The van der Waals surface area contributed by atoms with Gasteiger partial charge >= 0.3 is 0 Å². The van der Waals surface area contributed by atoms with E-state index in [1.54, 1.807) is 24.3 Å². The van der Waals surface area contributed by atoms with Gasteiger partial charge in [0, 0.05) is 60.6 Å². The molecular formula is C42H48N10O8. The molecule has 5 aromatic rings. The third-order valence-electron chi connectivity index (χ3n) is 11.1. The Bertz CT molecular complexity index is 2470. The van der Waals surface area contributed by atoms with Crippen LogP contribution >= 0.6 is 0 Å². The lowest BCUT2D eigenvalue weighted by Crippen LogP contribution is -2.54. The fraction of sp³-hybridized carbons (Fsp3) is 0.405. The van der Waals surface area contributed by atoms with Crippen molar-refractivity contribution in [3.05, 3.63) is 82.5 Å². The zero-order chi connectivity index (χ0) is 41.6. The number of rotatable bonds is 18. The van der Waals surface area contributed by atoms with Gasteiger partial charge < -0.3 is 45.4 Å². The first-order valence-electron chi connectivity index (χ1n) is 20.3. The van der Waals surface area contributed by atoms with Gasteiger partial charge in [-0.15, -0.1) is 0 Å². The van der Waals surface area contributed by atoms with E-state index in [9.17, 15) is 24.0 Å². The van der Waals surface area contributed by atoms with E-state index in [1.807, 2.05) is 30.5 Å². The van der Waals surface area contributed by atoms with Crippen molar-refractivity contribution in [2.45, 2.75) is 63.2 Å². The number of benzene rings is 2. The number of hydrogen-bond acceptors (Lipinski definition) is 14. The summed E-state index contributed by atoms with van der Waals surface area (Å²) in [7, 11) is 0. The summed E-state index contributed by atoms with van der Waals surface area (Å²) >= 11 is 0. The molecule has 2 unspecified atom stereocenters. The van der Waals surface area contributed by atoms with Crippen LogP contribution in [0, 0.1) is 0 Å². The Labute approximate surface area is 344 Å². The molecule has 0 spiro atoms. The number of H-pyrrole nitrogens is 1. The largest absolute Gasteiger partial charge is 0.382 e. The maximum Gasteiger partial charge on any atom is 0.264 e. The second kappa shape index (κ2) is 18.4.